The molecular weight excluding hydrogens is 255 g/mol. The molecule has 1 atom stereocenters. The van der Waals surface area contributed by atoms with E-state index in [1.54, 1.807) is 0 Å². The quantitative estimate of drug-likeness (QED) is 0.877. The summed E-state index contributed by atoms with van der Waals surface area (Å²) in [5, 5.41) is 17.9. The second-order valence-electron chi connectivity index (χ2n) is 2.76. The maximum atomic E-state index is 13.0. The first-order valence-electron chi connectivity index (χ1n) is 3.86. The number of hydrogen-bond donors (Lipinski definition) is 2. The average Bonchev–Trinajstić information content (AvgIpc) is 2.08. The molecule has 2 N–H and O–H groups in total. The first-order chi connectivity index (χ1) is 6.52. The third-order valence-corrected chi connectivity index (χ3v) is 2.55. The summed E-state index contributed by atoms with van der Waals surface area (Å²) in [6.07, 6.45) is -1.64. The van der Waals surface area contributed by atoms with Gasteiger partial charge in [0.2, 0.25) is 0 Å². The van der Waals surface area contributed by atoms with Gasteiger partial charge in [-0.25, -0.2) is 4.39 Å². The summed E-state index contributed by atoms with van der Waals surface area (Å²) in [6.45, 7) is 0. The van der Waals surface area contributed by atoms with Crippen LogP contribution in [-0.4, -0.2) is 16.2 Å². The van der Waals surface area contributed by atoms with Crippen molar-refractivity contribution in [3.63, 3.8) is 0 Å². The number of aliphatic hydroxyl groups excluding tert-OH is 1. The molecule has 0 bridgehead atoms. The number of carbonyl (C=O) groups is 1. The molecule has 0 unspecified atom stereocenters. The van der Waals surface area contributed by atoms with Crippen LogP contribution in [0.5, 0.6) is 0 Å². The van der Waals surface area contributed by atoms with E-state index in [0.717, 1.165) is 0 Å². The average molecular weight is 263 g/mol. The molecule has 14 heavy (non-hydrogen) atoms. The van der Waals surface area contributed by atoms with Gasteiger partial charge >= 0.3 is 5.97 Å². The standard InChI is InChI=1S/C9H8BrFO3/c10-9-5(2-1-3-6(9)11)7(12)4-8(13)14/h1-3,7,12H,4H2,(H,13,14)/t7-/m1/s1. The minimum absolute atomic E-state index is 0.105. The van der Waals surface area contributed by atoms with E-state index in [9.17, 15) is 14.3 Å². The summed E-state index contributed by atoms with van der Waals surface area (Å²) in [5.74, 6) is -1.65. The summed E-state index contributed by atoms with van der Waals surface area (Å²) < 4.78 is 13.1. The van der Waals surface area contributed by atoms with Gasteiger partial charge in [0, 0.05) is 0 Å². The Morgan fingerprint density at radius 3 is 2.79 bits per heavy atom. The van der Waals surface area contributed by atoms with E-state index < -0.39 is 24.3 Å². The predicted octanol–water partition coefficient (Wildman–Crippen LogP) is 2.10. The first-order valence-corrected chi connectivity index (χ1v) is 4.65. The summed E-state index contributed by atoms with van der Waals surface area (Å²) in [4.78, 5) is 10.3. The van der Waals surface area contributed by atoms with Crippen LogP contribution in [0.3, 0.4) is 0 Å². The third-order valence-electron chi connectivity index (χ3n) is 1.71. The number of carboxylic acid groups (broad SMARTS) is 1. The molecule has 0 heterocycles. The van der Waals surface area contributed by atoms with Crippen LogP contribution in [0.1, 0.15) is 18.1 Å². The van der Waals surface area contributed by atoms with Gasteiger partial charge < -0.3 is 10.2 Å². The van der Waals surface area contributed by atoms with E-state index in [0.29, 0.717) is 0 Å². The smallest absolute Gasteiger partial charge is 0.306 e. The van der Waals surface area contributed by atoms with E-state index in [1.807, 2.05) is 0 Å². The van der Waals surface area contributed by atoms with Gasteiger partial charge in [0.25, 0.3) is 0 Å². The molecule has 0 radical (unpaired) electrons. The Morgan fingerprint density at radius 2 is 2.21 bits per heavy atom. The van der Waals surface area contributed by atoms with Crippen LogP contribution in [-0.2, 0) is 4.79 Å². The van der Waals surface area contributed by atoms with Gasteiger partial charge in [-0.15, -0.1) is 0 Å². The van der Waals surface area contributed by atoms with Crippen molar-refractivity contribution in [2.45, 2.75) is 12.5 Å². The van der Waals surface area contributed by atoms with Gasteiger partial charge in [-0.1, -0.05) is 12.1 Å². The lowest BCUT2D eigenvalue weighted by molar-refractivity contribution is -0.139. The molecule has 1 aromatic rings. The summed E-state index contributed by atoms with van der Waals surface area (Å²) >= 11 is 2.94. The third kappa shape index (κ3) is 2.52. The Morgan fingerprint density at radius 1 is 1.57 bits per heavy atom. The largest absolute Gasteiger partial charge is 0.481 e. The van der Waals surface area contributed by atoms with E-state index in [2.05, 4.69) is 15.9 Å². The lowest BCUT2D eigenvalue weighted by Crippen LogP contribution is -2.06. The minimum atomic E-state index is -1.20. The Bertz CT molecular complexity index is 354. The van der Waals surface area contributed by atoms with Crippen molar-refractivity contribution in [3.8, 4) is 0 Å². The topological polar surface area (TPSA) is 57.5 Å². The Hall–Kier alpha value is -0.940. The van der Waals surface area contributed by atoms with Crippen molar-refractivity contribution in [1.29, 1.82) is 0 Å². The van der Waals surface area contributed by atoms with Gasteiger partial charge in [0.05, 0.1) is 17.0 Å². The molecule has 0 aliphatic carbocycles. The molecule has 1 aromatic carbocycles. The fraction of sp³-hybridized carbons (Fsp3) is 0.222. The van der Waals surface area contributed by atoms with Crippen molar-refractivity contribution >= 4 is 21.9 Å². The highest BCUT2D eigenvalue weighted by atomic mass is 79.9. The molecule has 0 fully saturated rings. The monoisotopic (exact) mass is 262 g/mol. The molecule has 0 saturated heterocycles. The summed E-state index contributed by atoms with van der Waals surface area (Å²) in [7, 11) is 0. The van der Waals surface area contributed by atoms with Gasteiger partial charge in [-0.3, -0.25) is 4.79 Å². The fourth-order valence-electron chi connectivity index (χ4n) is 1.05. The normalized spacial score (nSPS) is 12.5. The molecule has 0 saturated carbocycles. The van der Waals surface area contributed by atoms with Crippen LogP contribution in [0.15, 0.2) is 22.7 Å². The van der Waals surface area contributed by atoms with Crippen LogP contribution in [0.2, 0.25) is 0 Å². The lowest BCUT2D eigenvalue weighted by atomic mass is 10.1. The van der Waals surface area contributed by atoms with Gasteiger partial charge in [-0.05, 0) is 27.6 Å². The van der Waals surface area contributed by atoms with Gasteiger partial charge in [-0.2, -0.15) is 0 Å². The van der Waals surface area contributed by atoms with Crippen molar-refractivity contribution in [1.82, 2.24) is 0 Å². The van der Waals surface area contributed by atoms with Crippen molar-refractivity contribution in [3.05, 3.63) is 34.1 Å². The maximum absolute atomic E-state index is 13.0. The summed E-state index contributed by atoms with van der Waals surface area (Å²) in [6, 6.07) is 4.11. The molecule has 0 aliphatic rings. The van der Waals surface area contributed by atoms with Gasteiger partial charge in [0.1, 0.15) is 5.82 Å². The zero-order valence-corrected chi connectivity index (χ0v) is 8.66. The number of rotatable bonds is 3. The maximum Gasteiger partial charge on any atom is 0.306 e. The second-order valence-corrected chi connectivity index (χ2v) is 3.55. The highest BCUT2D eigenvalue weighted by molar-refractivity contribution is 9.10. The van der Waals surface area contributed by atoms with E-state index in [-0.39, 0.29) is 10.0 Å². The Kier molecular flexibility index (Phi) is 3.60. The van der Waals surface area contributed by atoms with Crippen molar-refractivity contribution in [2.75, 3.05) is 0 Å². The molecule has 0 aromatic heterocycles. The highest BCUT2D eigenvalue weighted by Gasteiger charge is 2.16. The molecule has 3 nitrogen and oxygen atoms in total. The molecule has 0 amide bonds. The van der Waals surface area contributed by atoms with Crippen LogP contribution in [0.25, 0.3) is 0 Å². The van der Waals surface area contributed by atoms with E-state index in [4.69, 9.17) is 5.11 Å². The Balaban J connectivity index is 2.95. The van der Waals surface area contributed by atoms with E-state index in [1.165, 1.54) is 18.2 Å². The number of carboxylic acids is 1. The fourth-order valence-corrected chi connectivity index (χ4v) is 1.58. The predicted molar refractivity (Wildman–Crippen MR) is 51.3 cm³/mol. The van der Waals surface area contributed by atoms with Crippen molar-refractivity contribution < 1.29 is 19.4 Å². The molecular formula is C9H8BrFO3. The summed E-state index contributed by atoms with van der Waals surface area (Å²) in [5.41, 5.74) is 0.243. The highest BCUT2D eigenvalue weighted by Crippen LogP contribution is 2.27. The molecule has 1 rings (SSSR count). The second kappa shape index (κ2) is 4.52. The zero-order valence-electron chi connectivity index (χ0n) is 7.08. The number of benzene rings is 1. The first kappa shape index (κ1) is 11.1. The molecule has 5 heteroatoms. The lowest BCUT2D eigenvalue weighted by Gasteiger charge is -2.10. The Labute approximate surface area is 88.3 Å². The van der Waals surface area contributed by atoms with Crippen LogP contribution < -0.4 is 0 Å². The molecule has 0 spiro atoms. The van der Waals surface area contributed by atoms with E-state index >= 15 is 0 Å². The zero-order chi connectivity index (χ0) is 10.7. The minimum Gasteiger partial charge on any atom is -0.481 e. The van der Waals surface area contributed by atoms with Crippen LogP contribution in [0.4, 0.5) is 4.39 Å². The molecule has 76 valence electrons. The number of halogens is 2. The number of aliphatic hydroxyl groups is 1. The van der Waals surface area contributed by atoms with Crippen LogP contribution in [0, 0.1) is 5.82 Å². The number of aliphatic carboxylic acids is 1. The number of hydrogen-bond acceptors (Lipinski definition) is 2. The molecule has 0 aliphatic heterocycles. The van der Waals surface area contributed by atoms with Crippen LogP contribution >= 0.6 is 15.9 Å². The SMILES string of the molecule is O=C(O)C[C@@H](O)c1cccc(F)c1Br. The van der Waals surface area contributed by atoms with Crippen molar-refractivity contribution in [2.24, 2.45) is 0 Å². The van der Waals surface area contributed by atoms with Gasteiger partial charge in [0.15, 0.2) is 0 Å².